The molecular weight excluding hydrogens is 323 g/mol. The molecule has 1 aromatic heterocycles. The average molecular weight is 330 g/mol. The largest absolute Gasteiger partial charge is 0.317 e. The molecule has 0 unspecified atom stereocenters. The molecule has 2 aromatic rings. The Morgan fingerprint density at radius 2 is 1.47 bits per heavy atom. The van der Waals surface area contributed by atoms with Gasteiger partial charge in [-0.05, 0) is 17.7 Å². The lowest BCUT2D eigenvalue weighted by atomic mass is 10.2. The summed E-state index contributed by atoms with van der Waals surface area (Å²) in [5, 5.41) is 0. The van der Waals surface area contributed by atoms with E-state index in [2.05, 4.69) is 33.5 Å². The summed E-state index contributed by atoms with van der Waals surface area (Å²) < 4.78 is 19.2. The van der Waals surface area contributed by atoms with Crippen molar-refractivity contribution in [2.75, 3.05) is 0 Å². The first kappa shape index (κ1) is 14.8. The minimum absolute atomic E-state index is 0.842. The highest BCUT2D eigenvalue weighted by Crippen LogP contribution is 2.30. The van der Waals surface area contributed by atoms with Gasteiger partial charge in [0, 0.05) is 26.2 Å². The zero-order valence-corrected chi connectivity index (χ0v) is 12.2. The number of benzene rings is 1. The summed E-state index contributed by atoms with van der Waals surface area (Å²) in [5.74, 6) is 0. The summed E-state index contributed by atoms with van der Waals surface area (Å²) in [6.07, 6.45) is 0. The number of rotatable bonds is 1. The quantitative estimate of drug-likeness (QED) is 0.706. The van der Waals surface area contributed by atoms with Crippen molar-refractivity contribution in [3.63, 3.8) is 0 Å². The van der Waals surface area contributed by atoms with Crippen molar-refractivity contribution >= 4 is 52.6 Å². The van der Waals surface area contributed by atoms with E-state index in [9.17, 15) is 0 Å². The van der Waals surface area contributed by atoms with Gasteiger partial charge in [0.1, 0.15) is 0 Å². The topological polar surface area (TPSA) is 34.1 Å². The number of thiophene rings is 1. The SMILES string of the molecule is Clc1ccc(-c2ccccc2)s1.O=S(=O)(Cl)Cl. The van der Waals surface area contributed by atoms with E-state index in [-0.39, 0.29) is 0 Å². The van der Waals surface area contributed by atoms with E-state index in [0.29, 0.717) is 0 Å². The standard InChI is InChI=1S/C10H7ClS.Cl2O2S/c11-10-7-6-9(12-10)8-4-2-1-3-5-8;1-5(2,3)4/h1-7H;. The molecule has 0 bridgehead atoms. The van der Waals surface area contributed by atoms with Crippen molar-refractivity contribution in [2.45, 2.75) is 0 Å². The molecule has 0 N–H and O–H groups in total. The molecule has 0 fully saturated rings. The fourth-order valence-corrected chi connectivity index (χ4v) is 2.12. The summed E-state index contributed by atoms with van der Waals surface area (Å²) >= 11 is 7.44. The van der Waals surface area contributed by atoms with Crippen LogP contribution in [-0.4, -0.2) is 8.42 Å². The summed E-state index contributed by atoms with van der Waals surface area (Å²) in [6, 6.07) is 14.2. The Balaban J connectivity index is 0.000000249. The molecule has 0 radical (unpaired) electrons. The molecule has 0 saturated heterocycles. The highest BCUT2D eigenvalue weighted by atomic mass is 36.0. The van der Waals surface area contributed by atoms with Crippen LogP contribution in [0.3, 0.4) is 0 Å². The summed E-state index contributed by atoms with van der Waals surface area (Å²) in [4.78, 5) is 1.22. The van der Waals surface area contributed by atoms with Gasteiger partial charge in [0.2, 0.25) is 0 Å². The predicted molar refractivity (Wildman–Crippen MR) is 75.4 cm³/mol. The van der Waals surface area contributed by atoms with Crippen LogP contribution in [0.1, 0.15) is 0 Å². The number of hydrogen-bond acceptors (Lipinski definition) is 3. The van der Waals surface area contributed by atoms with Gasteiger partial charge in [-0.3, -0.25) is 0 Å². The smallest absolute Gasteiger partial charge is 0.195 e. The maximum absolute atomic E-state index is 9.16. The minimum atomic E-state index is -3.72. The Labute approximate surface area is 118 Å². The molecule has 0 amide bonds. The molecule has 92 valence electrons. The van der Waals surface area contributed by atoms with Crippen molar-refractivity contribution < 1.29 is 8.42 Å². The van der Waals surface area contributed by atoms with Crippen LogP contribution in [0.5, 0.6) is 0 Å². The second kappa shape index (κ2) is 6.61. The number of hydrogen-bond donors (Lipinski definition) is 0. The van der Waals surface area contributed by atoms with E-state index in [1.54, 1.807) is 11.3 Å². The molecule has 2 nitrogen and oxygen atoms in total. The van der Waals surface area contributed by atoms with Crippen molar-refractivity contribution in [1.82, 2.24) is 0 Å². The third-order valence-corrected chi connectivity index (χ3v) is 2.91. The van der Waals surface area contributed by atoms with Gasteiger partial charge >= 0.3 is 8.26 Å². The van der Waals surface area contributed by atoms with E-state index >= 15 is 0 Å². The lowest BCUT2D eigenvalue weighted by Gasteiger charge is -1.93. The molecule has 17 heavy (non-hydrogen) atoms. The molecule has 0 saturated carbocycles. The fourth-order valence-electron chi connectivity index (χ4n) is 1.07. The van der Waals surface area contributed by atoms with Crippen LogP contribution in [0.25, 0.3) is 10.4 Å². The van der Waals surface area contributed by atoms with Crippen LogP contribution in [0.15, 0.2) is 42.5 Å². The first-order valence-electron chi connectivity index (χ1n) is 4.31. The Morgan fingerprint density at radius 1 is 0.941 bits per heavy atom. The lowest BCUT2D eigenvalue weighted by Crippen LogP contribution is -1.67. The Kier molecular flexibility index (Phi) is 5.76. The van der Waals surface area contributed by atoms with Crippen molar-refractivity contribution in [2.24, 2.45) is 0 Å². The van der Waals surface area contributed by atoms with Gasteiger partial charge in [0.25, 0.3) is 0 Å². The molecule has 1 aromatic carbocycles. The third kappa shape index (κ3) is 6.91. The fraction of sp³-hybridized carbons (Fsp3) is 0. The van der Waals surface area contributed by atoms with Crippen molar-refractivity contribution in [3.8, 4) is 10.4 Å². The molecule has 1 heterocycles. The van der Waals surface area contributed by atoms with Crippen LogP contribution in [0.2, 0.25) is 4.34 Å². The molecule has 0 aliphatic rings. The third-order valence-electron chi connectivity index (χ3n) is 1.63. The first-order chi connectivity index (χ1) is 7.86. The van der Waals surface area contributed by atoms with E-state index in [1.807, 2.05) is 30.3 Å². The van der Waals surface area contributed by atoms with Gasteiger partial charge < -0.3 is 0 Å². The molecule has 0 aliphatic carbocycles. The highest BCUT2D eigenvalue weighted by Gasteiger charge is 1.98. The highest BCUT2D eigenvalue weighted by molar-refractivity contribution is 8.31. The van der Waals surface area contributed by atoms with E-state index in [1.165, 1.54) is 10.4 Å². The summed E-state index contributed by atoms with van der Waals surface area (Å²) in [6.45, 7) is 0. The van der Waals surface area contributed by atoms with E-state index < -0.39 is 8.26 Å². The maximum Gasteiger partial charge on any atom is 0.317 e. The summed E-state index contributed by atoms with van der Waals surface area (Å²) in [5.41, 5.74) is 1.23. The average Bonchev–Trinajstić information content (AvgIpc) is 2.64. The number of halogens is 3. The maximum atomic E-state index is 9.16. The normalized spacial score (nSPS) is 10.5. The minimum Gasteiger partial charge on any atom is -0.195 e. The lowest BCUT2D eigenvalue weighted by molar-refractivity contribution is 0.621. The van der Waals surface area contributed by atoms with Gasteiger partial charge in [-0.1, -0.05) is 41.9 Å². The van der Waals surface area contributed by atoms with E-state index in [4.69, 9.17) is 20.0 Å². The van der Waals surface area contributed by atoms with E-state index in [0.717, 1.165) is 4.34 Å². The zero-order chi connectivity index (χ0) is 12.9. The van der Waals surface area contributed by atoms with Crippen molar-refractivity contribution in [3.05, 3.63) is 46.8 Å². The van der Waals surface area contributed by atoms with Crippen LogP contribution in [0.4, 0.5) is 0 Å². The molecule has 7 heteroatoms. The molecule has 0 aliphatic heterocycles. The predicted octanol–water partition coefficient (Wildman–Crippen LogP) is 4.78. The van der Waals surface area contributed by atoms with Gasteiger partial charge in [0.15, 0.2) is 0 Å². The second-order valence-electron chi connectivity index (χ2n) is 2.85. The molecule has 0 atom stereocenters. The van der Waals surface area contributed by atoms with Gasteiger partial charge in [-0.2, -0.15) is 8.42 Å². The van der Waals surface area contributed by atoms with Crippen LogP contribution in [-0.2, 0) is 8.26 Å². The Hall–Kier alpha value is -0.260. The summed E-state index contributed by atoms with van der Waals surface area (Å²) in [7, 11) is 4.81. The molecular formula is C10H7Cl3O2S2. The van der Waals surface area contributed by atoms with Gasteiger partial charge in [0.05, 0.1) is 4.34 Å². The monoisotopic (exact) mass is 328 g/mol. The van der Waals surface area contributed by atoms with Crippen LogP contribution in [0, 0.1) is 0 Å². The second-order valence-corrected chi connectivity index (χ2v) is 8.23. The molecule has 2 rings (SSSR count). The molecule has 0 spiro atoms. The first-order valence-corrected chi connectivity index (χ1v) is 8.64. The Morgan fingerprint density at radius 3 is 1.88 bits per heavy atom. The van der Waals surface area contributed by atoms with Crippen LogP contribution < -0.4 is 0 Å². The zero-order valence-electron chi connectivity index (χ0n) is 8.31. The van der Waals surface area contributed by atoms with Crippen LogP contribution >= 0.6 is 44.3 Å². The van der Waals surface area contributed by atoms with Gasteiger partial charge in [-0.25, -0.2) is 0 Å². The van der Waals surface area contributed by atoms with Gasteiger partial charge in [-0.15, -0.1) is 11.3 Å². The van der Waals surface area contributed by atoms with Crippen molar-refractivity contribution in [1.29, 1.82) is 0 Å². The Bertz CT molecular complexity index is 556.